The summed E-state index contributed by atoms with van der Waals surface area (Å²) in [6.07, 6.45) is 6.17. The highest BCUT2D eigenvalue weighted by atomic mass is 79.9. The molecule has 0 amide bonds. The van der Waals surface area contributed by atoms with Gasteiger partial charge in [0.05, 0.1) is 30.2 Å². The van der Waals surface area contributed by atoms with Crippen LogP contribution in [0.3, 0.4) is 0 Å². The molecule has 6 heteroatoms. The summed E-state index contributed by atoms with van der Waals surface area (Å²) in [7, 11) is 0. The third-order valence-electron chi connectivity index (χ3n) is 3.09. The van der Waals surface area contributed by atoms with E-state index in [4.69, 9.17) is 0 Å². The van der Waals surface area contributed by atoms with Crippen molar-refractivity contribution >= 4 is 15.9 Å². The van der Waals surface area contributed by atoms with Gasteiger partial charge in [0.2, 0.25) is 0 Å². The van der Waals surface area contributed by atoms with Crippen molar-refractivity contribution in [1.82, 2.24) is 25.3 Å². The van der Waals surface area contributed by atoms with Crippen LogP contribution in [0, 0.1) is 0 Å². The quantitative estimate of drug-likeness (QED) is 0.941. The normalized spacial score (nSPS) is 19.3. The summed E-state index contributed by atoms with van der Waals surface area (Å²) in [5.74, 6) is 0. The Balaban J connectivity index is 1.71. The van der Waals surface area contributed by atoms with Gasteiger partial charge in [0, 0.05) is 10.7 Å². The van der Waals surface area contributed by atoms with E-state index in [0.717, 1.165) is 28.8 Å². The Morgan fingerprint density at radius 1 is 1.44 bits per heavy atom. The molecule has 2 aromatic rings. The van der Waals surface area contributed by atoms with E-state index in [1.54, 1.807) is 6.20 Å². The van der Waals surface area contributed by atoms with Crippen molar-refractivity contribution in [2.45, 2.75) is 25.4 Å². The zero-order valence-corrected chi connectivity index (χ0v) is 11.5. The monoisotopic (exact) mass is 307 g/mol. The van der Waals surface area contributed by atoms with Crippen LogP contribution >= 0.6 is 15.9 Å². The van der Waals surface area contributed by atoms with Gasteiger partial charge in [0.15, 0.2) is 0 Å². The molecule has 0 bridgehead atoms. The molecule has 1 unspecified atom stereocenters. The third kappa shape index (κ3) is 2.59. The molecule has 3 heterocycles. The van der Waals surface area contributed by atoms with E-state index in [0.29, 0.717) is 12.6 Å². The molecule has 0 spiro atoms. The van der Waals surface area contributed by atoms with Crippen molar-refractivity contribution in [3.8, 4) is 0 Å². The largest absolute Gasteiger partial charge is 0.309 e. The molecule has 1 aliphatic heterocycles. The molecule has 1 N–H and O–H groups in total. The van der Waals surface area contributed by atoms with Crippen LogP contribution in [0.5, 0.6) is 0 Å². The van der Waals surface area contributed by atoms with Gasteiger partial charge < -0.3 is 5.32 Å². The van der Waals surface area contributed by atoms with Crippen LogP contribution in [0.25, 0.3) is 0 Å². The van der Waals surface area contributed by atoms with E-state index in [1.165, 1.54) is 6.42 Å². The molecule has 0 aromatic carbocycles. The van der Waals surface area contributed by atoms with Crippen LogP contribution in [-0.4, -0.2) is 26.5 Å². The average Bonchev–Trinajstić information content (AvgIpc) is 3.02. The summed E-state index contributed by atoms with van der Waals surface area (Å²) < 4.78 is 2.83. The van der Waals surface area contributed by atoms with Gasteiger partial charge in [0.1, 0.15) is 0 Å². The molecule has 0 saturated carbocycles. The first kappa shape index (κ1) is 11.8. The number of nitrogens with one attached hydrogen (secondary N) is 1. The van der Waals surface area contributed by atoms with Gasteiger partial charge in [-0.2, -0.15) is 0 Å². The maximum Gasteiger partial charge on any atom is 0.0996 e. The average molecular weight is 308 g/mol. The van der Waals surface area contributed by atoms with Crippen LogP contribution in [-0.2, 0) is 6.54 Å². The molecular formula is C12H14BrN5. The first-order valence-electron chi connectivity index (χ1n) is 6.05. The SMILES string of the molecule is Brc1ccc(Cn2cc(C3CCCN3)nn2)nc1. The van der Waals surface area contributed by atoms with Crippen molar-refractivity contribution in [3.05, 3.63) is 40.4 Å². The van der Waals surface area contributed by atoms with E-state index < -0.39 is 0 Å². The summed E-state index contributed by atoms with van der Waals surface area (Å²) in [4.78, 5) is 4.33. The number of rotatable bonds is 3. The van der Waals surface area contributed by atoms with Crippen LogP contribution in [0.15, 0.2) is 29.0 Å². The van der Waals surface area contributed by atoms with Crippen molar-refractivity contribution in [2.24, 2.45) is 0 Å². The van der Waals surface area contributed by atoms with E-state index in [9.17, 15) is 0 Å². The maximum atomic E-state index is 4.33. The van der Waals surface area contributed by atoms with Crippen molar-refractivity contribution in [1.29, 1.82) is 0 Å². The van der Waals surface area contributed by atoms with Crippen LogP contribution < -0.4 is 5.32 Å². The van der Waals surface area contributed by atoms with E-state index in [1.807, 2.05) is 23.0 Å². The molecule has 0 radical (unpaired) electrons. The third-order valence-corrected chi connectivity index (χ3v) is 3.56. The lowest BCUT2D eigenvalue weighted by molar-refractivity contribution is 0.620. The second kappa shape index (κ2) is 5.16. The van der Waals surface area contributed by atoms with Gasteiger partial charge in [0.25, 0.3) is 0 Å². The molecule has 1 aliphatic rings. The minimum atomic E-state index is 0.372. The molecule has 1 fully saturated rings. The Bertz CT molecular complexity index is 516. The number of hydrogen-bond acceptors (Lipinski definition) is 4. The predicted octanol–water partition coefficient (Wildman–Crippen LogP) is 1.91. The number of halogens is 1. The van der Waals surface area contributed by atoms with Gasteiger partial charge in [-0.1, -0.05) is 5.21 Å². The lowest BCUT2D eigenvalue weighted by atomic mass is 10.2. The van der Waals surface area contributed by atoms with Crippen molar-refractivity contribution in [3.63, 3.8) is 0 Å². The lowest BCUT2D eigenvalue weighted by Crippen LogP contribution is -2.13. The fraction of sp³-hybridized carbons (Fsp3) is 0.417. The highest BCUT2D eigenvalue weighted by molar-refractivity contribution is 9.10. The Hall–Kier alpha value is -1.27. The van der Waals surface area contributed by atoms with Gasteiger partial charge in [-0.3, -0.25) is 4.98 Å². The van der Waals surface area contributed by atoms with Crippen molar-refractivity contribution in [2.75, 3.05) is 6.54 Å². The molecule has 2 aromatic heterocycles. The minimum absolute atomic E-state index is 0.372. The van der Waals surface area contributed by atoms with Gasteiger partial charge in [-0.15, -0.1) is 5.10 Å². The second-order valence-electron chi connectivity index (χ2n) is 4.46. The van der Waals surface area contributed by atoms with Crippen LogP contribution in [0.1, 0.15) is 30.3 Å². The minimum Gasteiger partial charge on any atom is -0.309 e. The molecule has 1 saturated heterocycles. The summed E-state index contributed by atoms with van der Waals surface area (Å²) in [6, 6.07) is 4.34. The van der Waals surface area contributed by atoms with Gasteiger partial charge in [-0.05, 0) is 47.4 Å². The highest BCUT2D eigenvalue weighted by Gasteiger charge is 2.19. The topological polar surface area (TPSA) is 55.6 Å². The molecule has 94 valence electrons. The summed E-state index contributed by atoms with van der Waals surface area (Å²) in [5.41, 5.74) is 2.01. The smallest absolute Gasteiger partial charge is 0.0996 e. The standard InChI is InChI=1S/C12H14BrN5/c13-9-3-4-10(15-6-9)7-18-8-12(16-17-18)11-2-1-5-14-11/h3-4,6,8,11,14H,1-2,5,7H2. The number of hydrogen-bond donors (Lipinski definition) is 1. The number of pyridine rings is 1. The Labute approximate surface area is 114 Å². The van der Waals surface area contributed by atoms with E-state index in [2.05, 4.69) is 36.5 Å². The Kier molecular flexibility index (Phi) is 3.38. The molecule has 18 heavy (non-hydrogen) atoms. The molecule has 0 aliphatic carbocycles. The highest BCUT2D eigenvalue weighted by Crippen LogP contribution is 2.20. The zero-order chi connectivity index (χ0) is 12.4. The predicted molar refractivity (Wildman–Crippen MR) is 71.0 cm³/mol. The van der Waals surface area contributed by atoms with Gasteiger partial charge >= 0.3 is 0 Å². The summed E-state index contributed by atoms with van der Waals surface area (Å²) >= 11 is 3.37. The Morgan fingerprint density at radius 3 is 3.11 bits per heavy atom. The zero-order valence-electron chi connectivity index (χ0n) is 9.88. The second-order valence-corrected chi connectivity index (χ2v) is 5.37. The van der Waals surface area contributed by atoms with Crippen LogP contribution in [0.4, 0.5) is 0 Å². The Morgan fingerprint density at radius 2 is 2.39 bits per heavy atom. The molecule has 5 nitrogen and oxygen atoms in total. The molecule has 1 atom stereocenters. The molecular weight excluding hydrogens is 294 g/mol. The summed E-state index contributed by atoms with van der Waals surface area (Å²) in [6.45, 7) is 1.73. The lowest BCUT2D eigenvalue weighted by Gasteiger charge is -2.04. The van der Waals surface area contributed by atoms with E-state index >= 15 is 0 Å². The fourth-order valence-corrected chi connectivity index (χ4v) is 2.39. The maximum absolute atomic E-state index is 4.33. The van der Waals surface area contributed by atoms with E-state index in [-0.39, 0.29) is 0 Å². The fourth-order valence-electron chi connectivity index (χ4n) is 2.15. The summed E-state index contributed by atoms with van der Waals surface area (Å²) in [5, 5.41) is 11.8. The molecule has 3 rings (SSSR count). The first-order valence-corrected chi connectivity index (χ1v) is 6.84. The number of nitrogens with zero attached hydrogens (tertiary/aromatic N) is 4. The first-order chi connectivity index (χ1) is 8.81. The van der Waals surface area contributed by atoms with Crippen molar-refractivity contribution < 1.29 is 0 Å². The van der Waals surface area contributed by atoms with Crippen LogP contribution in [0.2, 0.25) is 0 Å². The van der Waals surface area contributed by atoms with Gasteiger partial charge in [-0.25, -0.2) is 4.68 Å². The number of aromatic nitrogens is 4.